The number of benzene rings is 2. The highest BCUT2D eigenvalue weighted by Crippen LogP contribution is 2.42. The summed E-state index contributed by atoms with van der Waals surface area (Å²) < 4.78 is 15.0. The Morgan fingerprint density at radius 3 is 2.57 bits per heavy atom. The molecule has 3 aromatic heterocycles. The molecule has 2 bridgehead atoms. The number of ether oxygens (including phenoxy) is 2. The maximum atomic E-state index is 13.8. The van der Waals surface area contributed by atoms with E-state index in [1.807, 2.05) is 30.1 Å². The number of nitrogens with one attached hydrogen (secondary N) is 1. The second-order valence-corrected chi connectivity index (χ2v) is 12.9. The number of anilines is 1. The number of piperidine rings is 1. The molecular formula is C35H37N7O4. The molecule has 3 fully saturated rings. The number of fused-ring (bicyclic) bond motifs is 4. The monoisotopic (exact) mass is 619 g/mol. The number of amides is 2. The summed E-state index contributed by atoms with van der Waals surface area (Å²) in [5.74, 6) is 2.81. The molecule has 3 atom stereocenters. The average Bonchev–Trinajstić information content (AvgIpc) is 3.46. The first-order valence-electron chi connectivity index (χ1n) is 15.9. The molecule has 11 heteroatoms. The van der Waals surface area contributed by atoms with E-state index in [-0.39, 0.29) is 18.0 Å². The van der Waals surface area contributed by atoms with Crippen molar-refractivity contribution in [3.8, 4) is 28.4 Å². The van der Waals surface area contributed by atoms with Crippen LogP contribution < -0.4 is 15.8 Å². The minimum Gasteiger partial charge on any atom is -0.494 e. The van der Waals surface area contributed by atoms with Crippen LogP contribution in [-0.4, -0.2) is 68.9 Å². The van der Waals surface area contributed by atoms with Crippen LogP contribution in [0.3, 0.4) is 0 Å². The van der Waals surface area contributed by atoms with Crippen molar-refractivity contribution >= 4 is 39.8 Å². The van der Waals surface area contributed by atoms with Crippen LogP contribution in [0.15, 0.2) is 54.7 Å². The lowest BCUT2D eigenvalue weighted by Gasteiger charge is -2.27. The number of aromatic nitrogens is 4. The minimum absolute atomic E-state index is 0.0102. The summed E-state index contributed by atoms with van der Waals surface area (Å²) in [6.07, 6.45) is 5.65. The molecule has 0 unspecified atom stereocenters. The van der Waals surface area contributed by atoms with Crippen LogP contribution in [-0.2, 0) is 18.3 Å². The third-order valence-electron chi connectivity index (χ3n) is 10.1. The standard InChI is InChI=1S/C35H37N7O4/c1-40-32-25(13-23(15-28(32)45-2)34(43)42-18-22-9-11-26(42)30(22)36)38-33(40)27-14-20-5-4-6-24(31(20)41(27)17-19-7-8-19)21-10-12-29(37-16-21)39-35(44)46-3/h4-6,10,12-16,19,22,26,30H,7-9,11,17-18,36H2,1-3H3,(H,37,39,44)/t22-,26-,30-/m1/s1. The van der Waals surface area contributed by atoms with Crippen LogP contribution in [0.4, 0.5) is 10.6 Å². The van der Waals surface area contributed by atoms with E-state index in [0.29, 0.717) is 35.5 Å². The maximum absolute atomic E-state index is 13.8. The van der Waals surface area contributed by atoms with Gasteiger partial charge in [0.05, 0.1) is 30.9 Å². The van der Waals surface area contributed by atoms with Crippen LogP contribution in [0, 0.1) is 11.8 Å². The first-order chi connectivity index (χ1) is 22.3. The van der Waals surface area contributed by atoms with E-state index in [2.05, 4.69) is 43.7 Å². The number of aryl methyl sites for hydroxylation is 1. The topological polar surface area (TPSA) is 130 Å². The Morgan fingerprint density at radius 1 is 1.04 bits per heavy atom. The summed E-state index contributed by atoms with van der Waals surface area (Å²) in [6, 6.07) is 16.1. The van der Waals surface area contributed by atoms with Gasteiger partial charge in [0.2, 0.25) is 0 Å². The summed E-state index contributed by atoms with van der Waals surface area (Å²) in [5, 5.41) is 3.71. The van der Waals surface area contributed by atoms with Gasteiger partial charge in [-0.05, 0) is 67.9 Å². The zero-order valence-corrected chi connectivity index (χ0v) is 26.2. The van der Waals surface area contributed by atoms with E-state index < -0.39 is 6.09 Å². The molecule has 0 spiro atoms. The highest BCUT2D eigenvalue weighted by atomic mass is 16.5. The Morgan fingerprint density at radius 2 is 1.89 bits per heavy atom. The van der Waals surface area contributed by atoms with Gasteiger partial charge in [-0.1, -0.05) is 18.2 Å². The minimum atomic E-state index is -0.562. The molecule has 2 amide bonds. The average molecular weight is 620 g/mol. The van der Waals surface area contributed by atoms with Gasteiger partial charge in [0.25, 0.3) is 5.91 Å². The second kappa shape index (κ2) is 10.9. The van der Waals surface area contributed by atoms with Crippen molar-refractivity contribution < 1.29 is 19.1 Å². The van der Waals surface area contributed by atoms with Gasteiger partial charge >= 0.3 is 6.09 Å². The molecule has 0 radical (unpaired) electrons. The normalized spacial score (nSPS) is 20.5. The second-order valence-electron chi connectivity index (χ2n) is 12.9. The zero-order chi connectivity index (χ0) is 31.7. The van der Waals surface area contributed by atoms with E-state index in [0.717, 1.165) is 64.0 Å². The van der Waals surface area contributed by atoms with E-state index in [4.69, 9.17) is 20.2 Å². The van der Waals surface area contributed by atoms with Gasteiger partial charge in [0, 0.05) is 60.5 Å². The fraction of sp³-hybridized carbons (Fsp3) is 0.371. The lowest BCUT2D eigenvalue weighted by molar-refractivity contribution is 0.0700. The molecule has 2 aliphatic carbocycles. The molecule has 46 heavy (non-hydrogen) atoms. The Balaban J connectivity index is 1.23. The highest BCUT2D eigenvalue weighted by molar-refractivity contribution is 6.01. The van der Waals surface area contributed by atoms with Crippen LogP contribution >= 0.6 is 0 Å². The van der Waals surface area contributed by atoms with Gasteiger partial charge in [0.15, 0.2) is 5.82 Å². The smallest absolute Gasteiger partial charge is 0.412 e. The summed E-state index contributed by atoms with van der Waals surface area (Å²) in [7, 11) is 4.97. The molecule has 8 rings (SSSR count). The molecule has 1 saturated heterocycles. The maximum Gasteiger partial charge on any atom is 0.412 e. The van der Waals surface area contributed by atoms with Gasteiger partial charge < -0.3 is 29.2 Å². The van der Waals surface area contributed by atoms with Crippen LogP contribution in [0.1, 0.15) is 36.0 Å². The Bertz CT molecular complexity index is 2010. The van der Waals surface area contributed by atoms with Gasteiger partial charge in [-0.25, -0.2) is 14.8 Å². The number of hydrogen-bond donors (Lipinski definition) is 2. The van der Waals surface area contributed by atoms with Crippen molar-refractivity contribution in [2.24, 2.45) is 24.6 Å². The van der Waals surface area contributed by atoms with Crippen molar-refractivity contribution in [1.29, 1.82) is 0 Å². The fourth-order valence-electron chi connectivity index (χ4n) is 7.54. The number of hydrogen-bond acceptors (Lipinski definition) is 7. The Hall–Kier alpha value is -4.90. The summed E-state index contributed by atoms with van der Waals surface area (Å²) in [6.45, 7) is 1.58. The quantitative estimate of drug-likeness (QED) is 0.249. The first-order valence-corrected chi connectivity index (χ1v) is 15.9. The molecule has 3 N–H and O–H groups in total. The third-order valence-corrected chi connectivity index (χ3v) is 10.1. The molecule has 4 heterocycles. The lowest BCUT2D eigenvalue weighted by atomic mass is 10.0. The molecule has 236 valence electrons. The van der Waals surface area contributed by atoms with Crippen molar-refractivity contribution in [3.05, 3.63) is 60.3 Å². The number of para-hydroxylation sites is 1. The van der Waals surface area contributed by atoms with Crippen LogP contribution in [0.5, 0.6) is 5.75 Å². The van der Waals surface area contributed by atoms with Gasteiger partial charge in [-0.15, -0.1) is 0 Å². The fourth-order valence-corrected chi connectivity index (χ4v) is 7.54. The van der Waals surface area contributed by atoms with Crippen molar-refractivity contribution in [3.63, 3.8) is 0 Å². The molecular weight excluding hydrogens is 582 g/mol. The third kappa shape index (κ3) is 4.60. The van der Waals surface area contributed by atoms with Crippen LogP contribution in [0.2, 0.25) is 0 Å². The SMILES string of the molecule is COC(=O)Nc1ccc(-c2cccc3cc(-c4nc5cc(C(=O)N6C[C@H]7CC[C@@H]6[C@@H]7N)cc(OC)c5n4C)n(CC4CC4)c23)cn1. The molecule has 1 aliphatic heterocycles. The molecule has 11 nitrogen and oxygen atoms in total. The van der Waals surface area contributed by atoms with Crippen molar-refractivity contribution in [1.82, 2.24) is 24.0 Å². The molecule has 2 saturated carbocycles. The molecule has 5 aromatic rings. The number of likely N-dealkylation sites (tertiary alicyclic amines) is 1. The number of rotatable bonds is 7. The van der Waals surface area contributed by atoms with Crippen molar-refractivity contribution in [2.75, 3.05) is 26.1 Å². The van der Waals surface area contributed by atoms with Crippen molar-refractivity contribution in [2.45, 2.75) is 44.3 Å². The number of imidazole rings is 1. The highest BCUT2D eigenvalue weighted by Gasteiger charge is 2.47. The number of nitrogens with two attached hydrogens (primary N) is 1. The van der Waals surface area contributed by atoms with E-state index in [1.165, 1.54) is 20.0 Å². The number of carbonyl (C=O) groups excluding carboxylic acids is 2. The van der Waals surface area contributed by atoms with Gasteiger partial charge in [-0.2, -0.15) is 0 Å². The van der Waals surface area contributed by atoms with Gasteiger partial charge in [-0.3, -0.25) is 10.1 Å². The zero-order valence-electron chi connectivity index (χ0n) is 26.2. The number of pyridine rings is 1. The number of nitrogens with zero attached hydrogens (tertiary/aromatic N) is 5. The predicted octanol–water partition coefficient (Wildman–Crippen LogP) is 5.42. The van der Waals surface area contributed by atoms with Gasteiger partial charge in [0.1, 0.15) is 17.1 Å². The van der Waals surface area contributed by atoms with Crippen LogP contribution in [0.25, 0.3) is 44.6 Å². The summed E-state index contributed by atoms with van der Waals surface area (Å²) in [4.78, 5) is 37.0. The number of carbonyl (C=O) groups is 2. The molecule has 3 aliphatic rings. The Kier molecular flexibility index (Phi) is 6.75. The lowest BCUT2D eigenvalue weighted by Crippen LogP contribution is -2.41. The predicted molar refractivity (Wildman–Crippen MR) is 176 cm³/mol. The largest absolute Gasteiger partial charge is 0.494 e. The van der Waals surface area contributed by atoms with E-state index >= 15 is 0 Å². The summed E-state index contributed by atoms with van der Waals surface area (Å²) in [5.41, 5.74) is 12.7. The first kappa shape index (κ1) is 28.6. The Labute approximate surface area is 266 Å². The molecule has 2 aromatic carbocycles. The summed E-state index contributed by atoms with van der Waals surface area (Å²) >= 11 is 0. The van der Waals surface area contributed by atoms with E-state index in [9.17, 15) is 9.59 Å². The van der Waals surface area contributed by atoms with E-state index in [1.54, 1.807) is 19.4 Å². The number of methoxy groups -OCH3 is 2.